The van der Waals surface area contributed by atoms with Crippen molar-refractivity contribution in [1.29, 1.82) is 0 Å². The lowest BCUT2D eigenvalue weighted by molar-refractivity contribution is 0.326. The molecule has 0 amide bonds. The average molecular weight is 191 g/mol. The van der Waals surface area contributed by atoms with E-state index < -0.39 is 0 Å². The fourth-order valence-electron chi connectivity index (χ4n) is 1.47. The normalized spacial score (nSPS) is 17.9. The predicted octanol–water partition coefficient (Wildman–Crippen LogP) is 2.59. The first kappa shape index (κ1) is 8.94. The molecule has 2 rings (SSSR count). The van der Waals surface area contributed by atoms with Crippen molar-refractivity contribution in [3.63, 3.8) is 0 Å². The van der Waals surface area contributed by atoms with Crippen LogP contribution in [0.4, 0.5) is 5.69 Å². The Morgan fingerprint density at radius 3 is 3.14 bits per heavy atom. The van der Waals surface area contributed by atoms with Crippen LogP contribution in [0.25, 0.3) is 0 Å². The van der Waals surface area contributed by atoms with E-state index >= 15 is 0 Å². The van der Waals surface area contributed by atoms with Gasteiger partial charge < -0.3 is 15.2 Å². The molecule has 0 unspecified atom stereocenters. The highest BCUT2D eigenvalue weighted by Gasteiger charge is 2.10. The van der Waals surface area contributed by atoms with Crippen LogP contribution >= 0.6 is 0 Å². The number of aliphatic hydroxyl groups excluding tert-OH is 1. The van der Waals surface area contributed by atoms with Gasteiger partial charge in [-0.3, -0.25) is 0 Å². The zero-order valence-electron chi connectivity index (χ0n) is 8.08. The third-order valence-electron chi connectivity index (χ3n) is 2.22. The summed E-state index contributed by atoms with van der Waals surface area (Å²) in [5.41, 5.74) is 2.87. The molecule has 74 valence electrons. The Morgan fingerprint density at radius 1 is 1.50 bits per heavy atom. The summed E-state index contributed by atoms with van der Waals surface area (Å²) < 4.78 is 5.52. The summed E-state index contributed by atoms with van der Waals surface area (Å²) in [4.78, 5) is 0. The van der Waals surface area contributed by atoms with Gasteiger partial charge in [0.2, 0.25) is 0 Å². The summed E-state index contributed by atoms with van der Waals surface area (Å²) >= 11 is 0. The average Bonchev–Trinajstić information content (AvgIpc) is 2.38. The third kappa shape index (κ3) is 1.66. The van der Waals surface area contributed by atoms with Crippen molar-refractivity contribution in [2.75, 3.05) is 11.9 Å². The van der Waals surface area contributed by atoms with Crippen molar-refractivity contribution in [2.45, 2.75) is 13.3 Å². The van der Waals surface area contributed by atoms with Gasteiger partial charge >= 0.3 is 0 Å². The Bertz CT molecular complexity index is 372. The van der Waals surface area contributed by atoms with Crippen LogP contribution in [0, 0.1) is 6.92 Å². The molecule has 1 aliphatic heterocycles. The van der Waals surface area contributed by atoms with E-state index in [1.807, 2.05) is 25.1 Å². The van der Waals surface area contributed by atoms with E-state index in [2.05, 4.69) is 5.32 Å². The van der Waals surface area contributed by atoms with Gasteiger partial charge in [0.1, 0.15) is 5.75 Å². The summed E-state index contributed by atoms with van der Waals surface area (Å²) in [6, 6.07) is 5.95. The molecule has 3 nitrogen and oxygen atoms in total. The van der Waals surface area contributed by atoms with Crippen LogP contribution in [0.2, 0.25) is 0 Å². The van der Waals surface area contributed by atoms with Crippen LogP contribution in [0.3, 0.4) is 0 Å². The van der Waals surface area contributed by atoms with Gasteiger partial charge in [-0.05, 0) is 24.6 Å². The largest absolute Gasteiger partial charge is 0.514 e. The minimum Gasteiger partial charge on any atom is -0.514 e. The Hall–Kier alpha value is -1.64. The lowest BCUT2D eigenvalue weighted by Crippen LogP contribution is -1.99. The Kier molecular flexibility index (Phi) is 2.31. The van der Waals surface area contributed by atoms with Crippen LogP contribution < -0.4 is 10.1 Å². The molecule has 1 aromatic rings. The minimum atomic E-state index is 0.593. The van der Waals surface area contributed by atoms with E-state index in [0.717, 1.165) is 23.4 Å². The summed E-state index contributed by atoms with van der Waals surface area (Å²) in [6.45, 7) is 2.62. The van der Waals surface area contributed by atoms with E-state index in [1.54, 1.807) is 0 Å². The molecular weight excluding hydrogens is 178 g/mol. The van der Waals surface area contributed by atoms with Gasteiger partial charge in [0.05, 0.1) is 24.3 Å². The van der Waals surface area contributed by atoms with Crippen LogP contribution in [-0.2, 0) is 0 Å². The highest BCUT2D eigenvalue weighted by molar-refractivity contribution is 5.61. The summed E-state index contributed by atoms with van der Waals surface area (Å²) in [7, 11) is 0. The zero-order valence-corrected chi connectivity index (χ0v) is 8.08. The van der Waals surface area contributed by atoms with Crippen molar-refractivity contribution >= 4 is 5.69 Å². The molecule has 0 bridgehead atoms. The zero-order chi connectivity index (χ0) is 9.97. The molecule has 1 aliphatic rings. The fourth-order valence-corrected chi connectivity index (χ4v) is 1.47. The number of nitrogens with one attached hydrogen (secondary N) is 1. The Morgan fingerprint density at radius 2 is 2.36 bits per heavy atom. The molecule has 0 aliphatic carbocycles. The molecule has 14 heavy (non-hydrogen) atoms. The molecule has 0 atom stereocenters. The maximum Gasteiger partial charge on any atom is 0.142 e. The van der Waals surface area contributed by atoms with Gasteiger partial charge in [0, 0.05) is 6.42 Å². The Balaban J connectivity index is 2.38. The van der Waals surface area contributed by atoms with Crippen molar-refractivity contribution in [3.05, 3.63) is 35.7 Å². The van der Waals surface area contributed by atoms with Crippen molar-refractivity contribution < 1.29 is 9.84 Å². The summed E-state index contributed by atoms with van der Waals surface area (Å²) in [5.74, 6) is 0.840. The topological polar surface area (TPSA) is 41.5 Å². The van der Waals surface area contributed by atoms with E-state index in [0.29, 0.717) is 13.0 Å². The molecule has 0 saturated carbocycles. The smallest absolute Gasteiger partial charge is 0.142 e. The van der Waals surface area contributed by atoms with E-state index in [1.165, 1.54) is 5.56 Å². The standard InChI is InChI=1S/C11H13NO2/c1-8-2-3-11-10(6-8)12-9(7-13)4-5-14-11/h2-3,6-7,12-13H,4-5H2,1H3. The molecule has 0 fully saturated rings. The Labute approximate surface area is 83.0 Å². The quantitative estimate of drug-likeness (QED) is 0.619. The molecule has 2 N–H and O–H groups in total. The van der Waals surface area contributed by atoms with Gasteiger partial charge in [-0.1, -0.05) is 6.07 Å². The van der Waals surface area contributed by atoms with E-state index in [4.69, 9.17) is 9.84 Å². The number of fused-ring (bicyclic) bond motifs is 1. The molecule has 1 aromatic carbocycles. The fraction of sp³-hybridized carbons (Fsp3) is 0.273. The first-order valence-corrected chi connectivity index (χ1v) is 4.63. The lowest BCUT2D eigenvalue weighted by atomic mass is 10.2. The molecule has 1 heterocycles. The molecule has 3 heteroatoms. The number of aryl methyl sites for hydroxylation is 1. The van der Waals surface area contributed by atoms with Gasteiger partial charge in [-0.25, -0.2) is 0 Å². The first-order chi connectivity index (χ1) is 6.79. The summed E-state index contributed by atoms with van der Waals surface area (Å²) in [5, 5.41) is 12.1. The van der Waals surface area contributed by atoms with Gasteiger partial charge in [0.15, 0.2) is 0 Å². The van der Waals surface area contributed by atoms with Crippen molar-refractivity contribution in [1.82, 2.24) is 0 Å². The van der Waals surface area contributed by atoms with Gasteiger partial charge in [-0.15, -0.1) is 0 Å². The maximum atomic E-state index is 8.93. The van der Waals surface area contributed by atoms with Crippen LogP contribution in [0.1, 0.15) is 12.0 Å². The molecule has 0 saturated heterocycles. The first-order valence-electron chi connectivity index (χ1n) is 4.63. The van der Waals surface area contributed by atoms with Crippen molar-refractivity contribution in [3.8, 4) is 5.75 Å². The second-order valence-corrected chi connectivity index (χ2v) is 3.38. The van der Waals surface area contributed by atoms with Gasteiger partial charge in [0.25, 0.3) is 0 Å². The number of aliphatic hydroxyl groups is 1. The minimum absolute atomic E-state index is 0.593. The molecule has 0 spiro atoms. The lowest BCUT2D eigenvalue weighted by Gasteiger charge is -2.08. The van der Waals surface area contributed by atoms with Gasteiger partial charge in [-0.2, -0.15) is 0 Å². The predicted molar refractivity (Wildman–Crippen MR) is 55.6 cm³/mol. The number of rotatable bonds is 0. The number of benzene rings is 1. The molecule has 0 radical (unpaired) electrons. The number of anilines is 1. The van der Waals surface area contributed by atoms with E-state index in [-0.39, 0.29) is 0 Å². The van der Waals surface area contributed by atoms with Crippen LogP contribution in [0.15, 0.2) is 30.2 Å². The van der Waals surface area contributed by atoms with Crippen molar-refractivity contribution in [2.24, 2.45) is 0 Å². The summed E-state index contributed by atoms with van der Waals surface area (Å²) in [6.07, 6.45) is 1.80. The highest BCUT2D eigenvalue weighted by atomic mass is 16.5. The maximum absolute atomic E-state index is 8.93. The number of hydrogen-bond acceptors (Lipinski definition) is 3. The number of ether oxygens (including phenoxy) is 1. The monoisotopic (exact) mass is 191 g/mol. The van der Waals surface area contributed by atoms with E-state index in [9.17, 15) is 0 Å². The van der Waals surface area contributed by atoms with Crippen LogP contribution in [-0.4, -0.2) is 11.7 Å². The SMILES string of the molecule is Cc1ccc2c(c1)NC(=CO)CCO2. The molecule has 0 aromatic heterocycles. The number of hydrogen-bond donors (Lipinski definition) is 2. The second-order valence-electron chi connectivity index (χ2n) is 3.38. The molecular formula is C11H13NO2. The highest BCUT2D eigenvalue weighted by Crippen LogP contribution is 2.29. The third-order valence-corrected chi connectivity index (χ3v) is 2.22. The van der Waals surface area contributed by atoms with Crippen LogP contribution in [0.5, 0.6) is 5.75 Å². The second kappa shape index (κ2) is 3.62.